The third kappa shape index (κ3) is 3.80. The van der Waals surface area contributed by atoms with E-state index in [0.29, 0.717) is 16.0 Å². The maximum Gasteiger partial charge on any atom is 0.315 e. The van der Waals surface area contributed by atoms with Crippen LogP contribution in [0.5, 0.6) is 0 Å². The van der Waals surface area contributed by atoms with Crippen LogP contribution < -0.4 is 10.6 Å². The smallest absolute Gasteiger partial charge is 0.315 e. The van der Waals surface area contributed by atoms with Gasteiger partial charge in [-0.05, 0) is 43.4 Å². The van der Waals surface area contributed by atoms with E-state index in [9.17, 15) is 4.79 Å². The Bertz CT molecular complexity index is 493. The van der Waals surface area contributed by atoms with E-state index >= 15 is 0 Å². The number of carbonyl (C=O) groups is 1. The molecule has 0 aliphatic heterocycles. The molecule has 1 aromatic rings. The molecule has 1 aliphatic rings. The molecule has 3 atom stereocenters. The van der Waals surface area contributed by atoms with Crippen LogP contribution in [0, 0.1) is 5.92 Å². The van der Waals surface area contributed by atoms with Gasteiger partial charge in [0.25, 0.3) is 0 Å². The quantitative estimate of drug-likeness (QED) is 0.844. The minimum atomic E-state index is -0.156. The van der Waals surface area contributed by atoms with Crippen LogP contribution in [0.15, 0.2) is 18.2 Å². The zero-order valence-electron chi connectivity index (χ0n) is 11.7. The molecule has 1 fully saturated rings. The van der Waals surface area contributed by atoms with E-state index in [4.69, 9.17) is 23.2 Å². The summed E-state index contributed by atoms with van der Waals surface area (Å²) in [4.78, 5) is 12.0. The molecule has 3 nitrogen and oxygen atoms in total. The first-order chi connectivity index (χ1) is 9.47. The lowest BCUT2D eigenvalue weighted by molar-refractivity contribution is 0.231. The summed E-state index contributed by atoms with van der Waals surface area (Å²) < 4.78 is 0. The second-order valence-electron chi connectivity index (χ2n) is 5.52. The molecule has 0 heterocycles. The number of hydrogen-bond acceptors (Lipinski definition) is 1. The Balaban J connectivity index is 1.93. The summed E-state index contributed by atoms with van der Waals surface area (Å²) in [6.07, 6.45) is 3.43. The zero-order valence-corrected chi connectivity index (χ0v) is 13.3. The first-order valence-corrected chi connectivity index (χ1v) is 7.75. The van der Waals surface area contributed by atoms with Gasteiger partial charge in [0, 0.05) is 16.1 Å². The van der Waals surface area contributed by atoms with Gasteiger partial charge in [-0.1, -0.05) is 42.6 Å². The number of halogens is 2. The largest absolute Gasteiger partial charge is 0.335 e. The van der Waals surface area contributed by atoms with E-state index < -0.39 is 0 Å². The lowest BCUT2D eigenvalue weighted by Gasteiger charge is -2.21. The molecule has 110 valence electrons. The second kappa shape index (κ2) is 6.68. The van der Waals surface area contributed by atoms with Crippen LogP contribution in [0.25, 0.3) is 0 Å². The van der Waals surface area contributed by atoms with Crippen molar-refractivity contribution in [1.29, 1.82) is 0 Å². The van der Waals surface area contributed by atoms with Crippen LogP contribution in [0.3, 0.4) is 0 Å². The molecule has 0 radical (unpaired) electrons. The number of hydrogen-bond donors (Lipinski definition) is 2. The minimum absolute atomic E-state index is 0.137. The third-order valence-corrected chi connectivity index (χ3v) is 4.52. The molecule has 1 aliphatic carbocycles. The fourth-order valence-corrected chi connectivity index (χ4v) is 3.27. The van der Waals surface area contributed by atoms with Gasteiger partial charge >= 0.3 is 6.03 Å². The monoisotopic (exact) mass is 314 g/mol. The number of benzene rings is 1. The highest BCUT2D eigenvalue weighted by molar-refractivity contribution is 6.35. The Labute approximate surface area is 130 Å². The van der Waals surface area contributed by atoms with Crippen molar-refractivity contribution in [2.45, 2.75) is 45.2 Å². The number of carbonyl (C=O) groups excluding carboxylic acids is 1. The topological polar surface area (TPSA) is 41.1 Å². The third-order valence-electron chi connectivity index (χ3n) is 3.95. The van der Waals surface area contributed by atoms with E-state index in [1.165, 1.54) is 12.8 Å². The first-order valence-electron chi connectivity index (χ1n) is 6.99. The Morgan fingerprint density at radius 2 is 2.10 bits per heavy atom. The number of urea groups is 1. The molecule has 20 heavy (non-hydrogen) atoms. The highest BCUT2D eigenvalue weighted by atomic mass is 35.5. The average Bonchev–Trinajstić information content (AvgIpc) is 2.74. The predicted octanol–water partition coefficient (Wildman–Crippen LogP) is 4.54. The maximum absolute atomic E-state index is 12.0. The molecular weight excluding hydrogens is 295 g/mol. The van der Waals surface area contributed by atoms with E-state index in [2.05, 4.69) is 17.6 Å². The molecule has 2 amide bonds. The Kier molecular flexibility index (Phi) is 5.17. The van der Waals surface area contributed by atoms with Gasteiger partial charge in [-0.25, -0.2) is 4.79 Å². The molecule has 0 spiro atoms. The van der Waals surface area contributed by atoms with Crippen molar-refractivity contribution in [2.24, 2.45) is 5.92 Å². The Hall–Kier alpha value is -0.930. The summed E-state index contributed by atoms with van der Waals surface area (Å²) in [5, 5.41) is 7.13. The van der Waals surface area contributed by atoms with Gasteiger partial charge < -0.3 is 10.6 Å². The van der Waals surface area contributed by atoms with Crippen molar-refractivity contribution in [1.82, 2.24) is 10.6 Å². The van der Waals surface area contributed by atoms with Gasteiger partial charge in [0.2, 0.25) is 0 Å². The molecule has 2 N–H and O–H groups in total. The maximum atomic E-state index is 12.0. The second-order valence-corrected chi connectivity index (χ2v) is 6.36. The fraction of sp³-hybridized carbons (Fsp3) is 0.533. The van der Waals surface area contributed by atoms with Crippen LogP contribution in [0.1, 0.15) is 44.7 Å². The van der Waals surface area contributed by atoms with Crippen molar-refractivity contribution in [3.05, 3.63) is 33.8 Å². The molecule has 0 bridgehead atoms. The van der Waals surface area contributed by atoms with Crippen LogP contribution in [-0.2, 0) is 0 Å². The van der Waals surface area contributed by atoms with Gasteiger partial charge in [-0.3, -0.25) is 0 Å². The molecule has 0 aromatic heterocycles. The standard InChI is InChI=1S/C15H20Cl2N2O/c1-9-4-3-5-14(9)19-15(20)18-10(2)12-7-6-11(16)8-13(12)17/h6-10,14H,3-5H2,1-2H3,(H2,18,19,20). The van der Waals surface area contributed by atoms with Gasteiger partial charge in [-0.2, -0.15) is 0 Å². The van der Waals surface area contributed by atoms with Crippen molar-refractivity contribution in [3.63, 3.8) is 0 Å². The van der Waals surface area contributed by atoms with Gasteiger partial charge in [-0.15, -0.1) is 0 Å². The highest BCUT2D eigenvalue weighted by Crippen LogP contribution is 2.27. The Morgan fingerprint density at radius 1 is 1.35 bits per heavy atom. The van der Waals surface area contributed by atoms with Crippen molar-refractivity contribution < 1.29 is 4.79 Å². The van der Waals surface area contributed by atoms with Crippen molar-refractivity contribution in [2.75, 3.05) is 0 Å². The SMILES string of the molecule is CC(NC(=O)NC1CCCC1C)c1ccc(Cl)cc1Cl. The summed E-state index contributed by atoms with van der Waals surface area (Å²) in [7, 11) is 0. The lowest BCUT2D eigenvalue weighted by Crippen LogP contribution is -2.44. The molecule has 2 rings (SSSR count). The molecular formula is C15H20Cl2N2O. The Morgan fingerprint density at radius 3 is 2.70 bits per heavy atom. The predicted molar refractivity (Wildman–Crippen MR) is 83.3 cm³/mol. The van der Waals surface area contributed by atoms with E-state index in [0.717, 1.165) is 12.0 Å². The van der Waals surface area contributed by atoms with Crippen LogP contribution >= 0.6 is 23.2 Å². The van der Waals surface area contributed by atoms with E-state index in [1.807, 2.05) is 13.0 Å². The highest BCUT2D eigenvalue weighted by Gasteiger charge is 2.25. The normalized spacial score (nSPS) is 23.4. The molecule has 1 aromatic carbocycles. The summed E-state index contributed by atoms with van der Waals surface area (Å²) >= 11 is 12.0. The van der Waals surface area contributed by atoms with E-state index in [-0.39, 0.29) is 18.1 Å². The van der Waals surface area contributed by atoms with Gasteiger partial charge in [0.15, 0.2) is 0 Å². The van der Waals surface area contributed by atoms with E-state index in [1.54, 1.807) is 12.1 Å². The number of amides is 2. The number of nitrogens with one attached hydrogen (secondary N) is 2. The molecule has 1 saturated carbocycles. The van der Waals surface area contributed by atoms with Crippen LogP contribution in [0.4, 0.5) is 4.79 Å². The zero-order chi connectivity index (χ0) is 14.7. The summed E-state index contributed by atoms with van der Waals surface area (Å²) in [6, 6.07) is 5.29. The summed E-state index contributed by atoms with van der Waals surface area (Å²) in [5.41, 5.74) is 0.866. The fourth-order valence-electron chi connectivity index (χ4n) is 2.70. The van der Waals surface area contributed by atoms with Crippen LogP contribution in [-0.4, -0.2) is 12.1 Å². The minimum Gasteiger partial charge on any atom is -0.335 e. The van der Waals surface area contributed by atoms with Gasteiger partial charge in [0.05, 0.1) is 6.04 Å². The summed E-state index contributed by atoms with van der Waals surface area (Å²) in [5.74, 6) is 0.551. The average molecular weight is 315 g/mol. The molecule has 3 unspecified atom stereocenters. The molecule has 0 saturated heterocycles. The summed E-state index contributed by atoms with van der Waals surface area (Å²) in [6.45, 7) is 4.09. The molecule has 5 heteroatoms. The van der Waals surface area contributed by atoms with Crippen molar-refractivity contribution in [3.8, 4) is 0 Å². The van der Waals surface area contributed by atoms with Crippen LogP contribution in [0.2, 0.25) is 10.0 Å². The number of rotatable bonds is 3. The van der Waals surface area contributed by atoms with Gasteiger partial charge in [0.1, 0.15) is 0 Å². The first kappa shape index (κ1) is 15.5. The van der Waals surface area contributed by atoms with Crippen molar-refractivity contribution >= 4 is 29.2 Å². The lowest BCUT2D eigenvalue weighted by atomic mass is 10.1.